The first-order chi connectivity index (χ1) is 13.5. The van der Waals surface area contributed by atoms with E-state index in [1.165, 1.54) is 11.0 Å². The molecule has 7 heteroatoms. The normalized spacial score (nSPS) is 11.0. The number of fused-ring (bicyclic) bond motifs is 1. The molecule has 28 heavy (non-hydrogen) atoms. The molecule has 0 saturated heterocycles. The van der Waals surface area contributed by atoms with E-state index in [0.717, 1.165) is 28.5 Å². The summed E-state index contributed by atoms with van der Waals surface area (Å²) in [5, 5.41) is 0.302. The number of carbonyl (C=O) groups is 1. The predicted molar refractivity (Wildman–Crippen MR) is 105 cm³/mol. The molecule has 0 N–H and O–H groups in total. The van der Waals surface area contributed by atoms with Crippen LogP contribution in [-0.4, -0.2) is 15.9 Å². The van der Waals surface area contributed by atoms with Crippen molar-refractivity contribution in [1.82, 2.24) is 9.97 Å². The van der Waals surface area contributed by atoms with Gasteiger partial charge in [-0.1, -0.05) is 35.6 Å². The van der Waals surface area contributed by atoms with Crippen LogP contribution in [-0.2, 0) is 6.54 Å². The molecule has 2 heterocycles. The van der Waals surface area contributed by atoms with Gasteiger partial charge in [0.2, 0.25) is 0 Å². The molecule has 2 aromatic carbocycles. The van der Waals surface area contributed by atoms with Crippen molar-refractivity contribution in [2.45, 2.75) is 13.5 Å². The fourth-order valence-electron chi connectivity index (χ4n) is 2.92. The molecule has 0 radical (unpaired) electrons. The Morgan fingerprint density at radius 1 is 1.14 bits per heavy atom. The number of anilines is 1. The Balaban J connectivity index is 1.82. The quantitative estimate of drug-likeness (QED) is 0.482. The molecule has 0 aliphatic heterocycles. The summed E-state index contributed by atoms with van der Waals surface area (Å²) in [5.74, 6) is -1.69. The molecule has 0 saturated carbocycles. The SMILES string of the molecule is Cc1ccccc1C(=O)N(Cc1cccnc1)c1nc2c(F)cc(F)cc2s1. The van der Waals surface area contributed by atoms with Gasteiger partial charge in [-0.25, -0.2) is 13.8 Å². The van der Waals surface area contributed by atoms with Crippen molar-refractivity contribution >= 4 is 32.6 Å². The lowest BCUT2D eigenvalue weighted by atomic mass is 10.1. The van der Waals surface area contributed by atoms with Crippen LogP contribution >= 0.6 is 11.3 Å². The van der Waals surface area contributed by atoms with Gasteiger partial charge in [-0.05, 0) is 36.2 Å². The molecule has 4 aromatic rings. The highest BCUT2D eigenvalue weighted by Gasteiger charge is 2.24. The summed E-state index contributed by atoms with van der Waals surface area (Å²) in [5.41, 5.74) is 2.20. The Kier molecular flexibility index (Phi) is 4.83. The van der Waals surface area contributed by atoms with Crippen molar-refractivity contribution in [3.05, 3.63) is 89.2 Å². The van der Waals surface area contributed by atoms with Crippen molar-refractivity contribution in [2.24, 2.45) is 0 Å². The first-order valence-electron chi connectivity index (χ1n) is 8.55. The van der Waals surface area contributed by atoms with Gasteiger partial charge in [-0.3, -0.25) is 14.7 Å². The smallest absolute Gasteiger partial charge is 0.260 e. The summed E-state index contributed by atoms with van der Waals surface area (Å²) < 4.78 is 28.1. The number of aryl methyl sites for hydroxylation is 1. The first-order valence-corrected chi connectivity index (χ1v) is 9.36. The number of pyridine rings is 1. The van der Waals surface area contributed by atoms with Crippen LogP contribution in [0.25, 0.3) is 10.2 Å². The minimum absolute atomic E-state index is 0.0511. The Labute approximate surface area is 164 Å². The number of halogens is 2. The van der Waals surface area contributed by atoms with Crippen molar-refractivity contribution in [1.29, 1.82) is 0 Å². The molecule has 0 unspecified atom stereocenters. The monoisotopic (exact) mass is 395 g/mol. The summed E-state index contributed by atoms with van der Waals surface area (Å²) in [4.78, 5) is 23.1. The second-order valence-corrected chi connectivity index (χ2v) is 7.31. The molecule has 1 amide bonds. The van der Waals surface area contributed by atoms with Crippen LogP contribution < -0.4 is 4.90 Å². The Bertz CT molecular complexity index is 1160. The van der Waals surface area contributed by atoms with Crippen LogP contribution in [0.1, 0.15) is 21.5 Å². The second kappa shape index (κ2) is 7.44. The molecular formula is C21H15F2N3OS. The first kappa shape index (κ1) is 18.2. The number of benzene rings is 2. The molecule has 140 valence electrons. The van der Waals surface area contributed by atoms with Gasteiger partial charge in [0.25, 0.3) is 5.91 Å². The van der Waals surface area contributed by atoms with Gasteiger partial charge in [-0.15, -0.1) is 0 Å². The number of carbonyl (C=O) groups excluding carboxylic acids is 1. The maximum Gasteiger partial charge on any atom is 0.260 e. The number of hydrogen-bond acceptors (Lipinski definition) is 4. The van der Waals surface area contributed by atoms with E-state index in [-0.39, 0.29) is 18.0 Å². The van der Waals surface area contributed by atoms with Crippen molar-refractivity contribution < 1.29 is 13.6 Å². The molecule has 0 spiro atoms. The zero-order chi connectivity index (χ0) is 19.7. The van der Waals surface area contributed by atoms with E-state index in [9.17, 15) is 13.6 Å². The molecule has 0 bridgehead atoms. The zero-order valence-corrected chi connectivity index (χ0v) is 15.7. The van der Waals surface area contributed by atoms with Crippen molar-refractivity contribution in [3.63, 3.8) is 0 Å². The van der Waals surface area contributed by atoms with E-state index in [2.05, 4.69) is 9.97 Å². The van der Waals surface area contributed by atoms with E-state index in [4.69, 9.17) is 0 Å². The number of thiazole rings is 1. The van der Waals surface area contributed by atoms with Gasteiger partial charge in [0.1, 0.15) is 11.3 Å². The number of amides is 1. The average Bonchev–Trinajstić information content (AvgIpc) is 3.11. The largest absolute Gasteiger partial charge is 0.279 e. The summed E-state index contributed by atoms with van der Waals surface area (Å²) >= 11 is 1.08. The lowest BCUT2D eigenvalue weighted by Gasteiger charge is -2.21. The Hall–Kier alpha value is -3.19. The highest BCUT2D eigenvalue weighted by Crippen LogP contribution is 2.33. The molecule has 0 atom stereocenters. The van der Waals surface area contributed by atoms with Crippen LogP contribution in [0, 0.1) is 18.6 Å². The van der Waals surface area contributed by atoms with E-state index in [0.29, 0.717) is 15.4 Å². The fraction of sp³-hybridized carbons (Fsp3) is 0.0952. The minimum atomic E-state index is -0.748. The second-order valence-electron chi connectivity index (χ2n) is 6.30. The van der Waals surface area contributed by atoms with E-state index >= 15 is 0 Å². The van der Waals surface area contributed by atoms with Crippen LogP contribution in [0.15, 0.2) is 60.9 Å². The molecule has 0 aliphatic rings. The average molecular weight is 395 g/mol. The van der Waals surface area contributed by atoms with Crippen LogP contribution in [0.3, 0.4) is 0 Å². The molecule has 0 fully saturated rings. The van der Waals surface area contributed by atoms with Crippen LogP contribution in [0.5, 0.6) is 0 Å². The number of nitrogens with zero attached hydrogens (tertiary/aromatic N) is 3. The maximum atomic E-state index is 14.1. The molecule has 4 rings (SSSR count). The lowest BCUT2D eigenvalue weighted by molar-refractivity contribution is 0.0984. The van der Waals surface area contributed by atoms with Crippen LogP contribution in [0.2, 0.25) is 0 Å². The van der Waals surface area contributed by atoms with E-state index in [1.807, 2.05) is 25.1 Å². The summed E-state index contributed by atoms with van der Waals surface area (Å²) in [6.07, 6.45) is 3.30. The van der Waals surface area contributed by atoms with Gasteiger partial charge in [0, 0.05) is 24.0 Å². The van der Waals surface area contributed by atoms with E-state index < -0.39 is 11.6 Å². The van der Waals surface area contributed by atoms with Gasteiger partial charge >= 0.3 is 0 Å². The number of hydrogen-bond donors (Lipinski definition) is 0. The molecular weight excluding hydrogens is 380 g/mol. The van der Waals surface area contributed by atoms with Crippen molar-refractivity contribution in [3.8, 4) is 0 Å². The zero-order valence-electron chi connectivity index (χ0n) is 14.9. The molecule has 2 aromatic heterocycles. The van der Waals surface area contributed by atoms with Gasteiger partial charge in [0.15, 0.2) is 10.9 Å². The third-order valence-electron chi connectivity index (χ3n) is 4.32. The van der Waals surface area contributed by atoms with Crippen molar-refractivity contribution in [2.75, 3.05) is 4.90 Å². The third-order valence-corrected chi connectivity index (χ3v) is 5.34. The van der Waals surface area contributed by atoms with Gasteiger partial charge < -0.3 is 0 Å². The Morgan fingerprint density at radius 3 is 2.71 bits per heavy atom. The Morgan fingerprint density at radius 2 is 1.96 bits per heavy atom. The predicted octanol–water partition coefficient (Wildman–Crippen LogP) is 5.12. The summed E-state index contributed by atoms with van der Waals surface area (Å²) in [6.45, 7) is 2.06. The lowest BCUT2D eigenvalue weighted by Crippen LogP contribution is -2.31. The summed E-state index contributed by atoms with van der Waals surface area (Å²) in [6, 6.07) is 12.9. The molecule has 4 nitrogen and oxygen atoms in total. The number of rotatable bonds is 4. The van der Waals surface area contributed by atoms with Crippen LogP contribution in [0.4, 0.5) is 13.9 Å². The molecule has 0 aliphatic carbocycles. The number of aromatic nitrogens is 2. The minimum Gasteiger partial charge on any atom is -0.279 e. The third kappa shape index (κ3) is 3.48. The van der Waals surface area contributed by atoms with Gasteiger partial charge in [0.05, 0.1) is 11.2 Å². The topological polar surface area (TPSA) is 46.1 Å². The van der Waals surface area contributed by atoms with E-state index in [1.54, 1.807) is 30.6 Å². The highest BCUT2D eigenvalue weighted by molar-refractivity contribution is 7.22. The summed E-state index contributed by atoms with van der Waals surface area (Å²) in [7, 11) is 0. The van der Waals surface area contributed by atoms with Gasteiger partial charge in [-0.2, -0.15) is 0 Å². The fourth-order valence-corrected chi connectivity index (χ4v) is 3.92. The maximum absolute atomic E-state index is 14.1. The standard InChI is InChI=1S/C21H15F2N3OS/c1-13-5-2-3-7-16(13)20(27)26(12-14-6-4-8-24-11-14)21-25-19-17(23)9-15(22)10-18(19)28-21/h2-11H,12H2,1H3. The highest BCUT2D eigenvalue weighted by atomic mass is 32.1.